The van der Waals surface area contributed by atoms with E-state index in [-0.39, 0.29) is 0 Å². The van der Waals surface area contributed by atoms with Crippen molar-refractivity contribution in [1.82, 2.24) is 24.5 Å². The summed E-state index contributed by atoms with van der Waals surface area (Å²) in [6.45, 7) is 4.54. The fraction of sp³-hybridized carbons (Fsp3) is 0.429. The standard InChI is InChI=1S/C21H23N5S/c1-12-3-14(6-17-9-25(2)24-20(12)17)19-11-26-10-18(23-21(26)27-19)13-4-15-7-22-8-16(15)5-13/h3,6,9-11,13,15-16,22H,4-5,7-8H2,1-2H3/t15-,16-/m0/s1. The van der Waals surface area contributed by atoms with E-state index in [4.69, 9.17) is 4.98 Å². The molecule has 27 heavy (non-hydrogen) atoms. The van der Waals surface area contributed by atoms with Crippen LogP contribution in [0.3, 0.4) is 0 Å². The van der Waals surface area contributed by atoms with E-state index < -0.39 is 0 Å². The molecule has 2 fully saturated rings. The zero-order chi connectivity index (χ0) is 18.1. The molecule has 4 aromatic rings. The molecule has 138 valence electrons. The van der Waals surface area contributed by atoms with Gasteiger partial charge in [-0.15, -0.1) is 0 Å². The number of aromatic nitrogens is 4. The lowest BCUT2D eigenvalue weighted by molar-refractivity contribution is 0.494. The predicted molar refractivity (Wildman–Crippen MR) is 109 cm³/mol. The second kappa shape index (κ2) is 5.66. The Hall–Kier alpha value is -2.18. The van der Waals surface area contributed by atoms with Gasteiger partial charge in [0.05, 0.1) is 16.1 Å². The van der Waals surface area contributed by atoms with Crippen LogP contribution in [0, 0.1) is 18.8 Å². The molecule has 1 aliphatic carbocycles. The van der Waals surface area contributed by atoms with Gasteiger partial charge in [0.15, 0.2) is 4.96 Å². The maximum absolute atomic E-state index is 5.00. The number of nitrogens with zero attached hydrogens (tertiary/aromatic N) is 4. The van der Waals surface area contributed by atoms with Crippen LogP contribution < -0.4 is 5.32 Å². The largest absolute Gasteiger partial charge is 0.316 e. The van der Waals surface area contributed by atoms with Crippen LogP contribution in [0.2, 0.25) is 0 Å². The van der Waals surface area contributed by atoms with Gasteiger partial charge in [-0.2, -0.15) is 5.10 Å². The molecule has 1 aliphatic heterocycles. The highest BCUT2D eigenvalue weighted by molar-refractivity contribution is 7.20. The van der Waals surface area contributed by atoms with Crippen molar-refractivity contribution in [3.8, 4) is 10.4 Å². The van der Waals surface area contributed by atoms with Gasteiger partial charge < -0.3 is 5.32 Å². The second-order valence-corrected chi connectivity index (χ2v) is 9.34. The molecule has 1 saturated heterocycles. The molecule has 0 amide bonds. The summed E-state index contributed by atoms with van der Waals surface area (Å²) in [7, 11) is 1.98. The Kier molecular flexibility index (Phi) is 3.32. The van der Waals surface area contributed by atoms with Crippen LogP contribution in [0.5, 0.6) is 0 Å². The van der Waals surface area contributed by atoms with E-state index in [1.54, 1.807) is 11.3 Å². The molecule has 0 radical (unpaired) electrons. The molecular weight excluding hydrogens is 354 g/mol. The maximum Gasteiger partial charge on any atom is 0.194 e. The van der Waals surface area contributed by atoms with Gasteiger partial charge in [-0.05, 0) is 68.0 Å². The van der Waals surface area contributed by atoms with E-state index >= 15 is 0 Å². The summed E-state index contributed by atoms with van der Waals surface area (Å²) in [4.78, 5) is 7.38. The molecule has 3 aromatic heterocycles. The van der Waals surface area contributed by atoms with Gasteiger partial charge in [-0.1, -0.05) is 11.3 Å². The van der Waals surface area contributed by atoms with Gasteiger partial charge in [0, 0.05) is 36.9 Å². The zero-order valence-corrected chi connectivity index (χ0v) is 16.5. The number of fused-ring (bicyclic) bond motifs is 3. The summed E-state index contributed by atoms with van der Waals surface area (Å²) in [6.07, 6.45) is 9.20. The van der Waals surface area contributed by atoms with Crippen molar-refractivity contribution in [3.05, 3.63) is 42.0 Å². The van der Waals surface area contributed by atoms with Crippen LogP contribution in [0.15, 0.2) is 30.7 Å². The summed E-state index contributed by atoms with van der Waals surface area (Å²) >= 11 is 1.79. The predicted octanol–water partition coefficient (Wildman–Crippen LogP) is 3.97. The van der Waals surface area contributed by atoms with E-state index in [1.165, 1.54) is 53.0 Å². The van der Waals surface area contributed by atoms with Gasteiger partial charge in [0.1, 0.15) is 0 Å². The van der Waals surface area contributed by atoms with E-state index in [0.29, 0.717) is 5.92 Å². The molecule has 1 saturated carbocycles. The highest BCUT2D eigenvalue weighted by Crippen LogP contribution is 2.44. The van der Waals surface area contributed by atoms with Crippen molar-refractivity contribution in [2.45, 2.75) is 25.7 Å². The first-order valence-electron chi connectivity index (χ1n) is 9.77. The van der Waals surface area contributed by atoms with Crippen LogP contribution in [-0.2, 0) is 7.05 Å². The smallest absolute Gasteiger partial charge is 0.194 e. The molecule has 0 spiro atoms. The summed E-state index contributed by atoms with van der Waals surface area (Å²) < 4.78 is 4.12. The minimum absolute atomic E-state index is 0.645. The van der Waals surface area contributed by atoms with Gasteiger partial charge >= 0.3 is 0 Å². The Balaban J connectivity index is 1.34. The average Bonchev–Trinajstić information content (AvgIpc) is 3.38. The molecule has 6 rings (SSSR count). The van der Waals surface area contributed by atoms with Gasteiger partial charge in [0.25, 0.3) is 0 Å². The first-order chi connectivity index (χ1) is 13.1. The zero-order valence-electron chi connectivity index (χ0n) is 15.6. The highest BCUT2D eigenvalue weighted by Gasteiger charge is 2.38. The quantitative estimate of drug-likeness (QED) is 0.575. The minimum Gasteiger partial charge on any atom is -0.316 e. The average molecular weight is 378 g/mol. The number of hydrogen-bond acceptors (Lipinski definition) is 4. The maximum atomic E-state index is 5.00. The number of rotatable bonds is 2. The van der Waals surface area contributed by atoms with Crippen molar-refractivity contribution in [1.29, 1.82) is 0 Å². The number of hydrogen-bond donors (Lipinski definition) is 1. The van der Waals surface area contributed by atoms with E-state index in [1.807, 2.05) is 11.7 Å². The first kappa shape index (κ1) is 15.8. The topological polar surface area (TPSA) is 47.1 Å². The van der Waals surface area contributed by atoms with Crippen molar-refractivity contribution in [3.63, 3.8) is 0 Å². The SMILES string of the molecule is Cc1cc(-c2cn3cc(C4C[C@H]5CNC[C@@H]5C4)nc3s2)cc2cn(C)nc12. The second-order valence-electron chi connectivity index (χ2n) is 8.33. The third kappa shape index (κ3) is 2.47. The molecule has 0 unspecified atom stereocenters. The van der Waals surface area contributed by atoms with Gasteiger partial charge in [-0.3, -0.25) is 9.08 Å². The normalized spacial score (nSPS) is 23.0. The lowest BCUT2D eigenvalue weighted by Crippen LogP contribution is -2.11. The van der Waals surface area contributed by atoms with Crippen molar-refractivity contribution < 1.29 is 0 Å². The molecule has 6 heteroatoms. The number of thiazole rings is 1. The Labute approximate surface area is 162 Å². The molecule has 4 heterocycles. The first-order valence-corrected chi connectivity index (χ1v) is 10.6. The molecule has 5 nitrogen and oxygen atoms in total. The van der Waals surface area contributed by atoms with Crippen molar-refractivity contribution >= 4 is 27.2 Å². The highest BCUT2D eigenvalue weighted by atomic mass is 32.1. The van der Waals surface area contributed by atoms with Gasteiger partial charge in [-0.25, -0.2) is 4.98 Å². The van der Waals surface area contributed by atoms with Crippen LogP contribution in [0.25, 0.3) is 26.3 Å². The summed E-state index contributed by atoms with van der Waals surface area (Å²) in [5, 5.41) is 9.29. The lowest BCUT2D eigenvalue weighted by atomic mass is 10.0. The third-order valence-corrected chi connectivity index (χ3v) is 7.49. The molecule has 0 bridgehead atoms. The number of imidazole rings is 1. The number of nitrogens with one attached hydrogen (secondary N) is 1. The van der Waals surface area contributed by atoms with Crippen LogP contribution in [-0.4, -0.2) is 32.3 Å². The molecular formula is C21H23N5S. The number of benzene rings is 1. The number of aryl methyl sites for hydroxylation is 2. The molecule has 2 atom stereocenters. The summed E-state index contributed by atoms with van der Waals surface area (Å²) in [5.41, 5.74) is 4.86. The van der Waals surface area contributed by atoms with E-state index in [0.717, 1.165) is 22.3 Å². The monoisotopic (exact) mass is 377 g/mol. The lowest BCUT2D eigenvalue weighted by Gasteiger charge is -2.07. The van der Waals surface area contributed by atoms with Gasteiger partial charge in [0.2, 0.25) is 0 Å². The van der Waals surface area contributed by atoms with Crippen LogP contribution in [0.4, 0.5) is 0 Å². The minimum atomic E-state index is 0.645. The van der Waals surface area contributed by atoms with Crippen LogP contribution >= 0.6 is 11.3 Å². The fourth-order valence-electron chi connectivity index (χ4n) is 5.12. The van der Waals surface area contributed by atoms with Crippen LogP contribution in [0.1, 0.15) is 30.0 Å². The summed E-state index contributed by atoms with van der Waals surface area (Å²) in [5.74, 6) is 2.37. The molecule has 2 aliphatic rings. The van der Waals surface area contributed by atoms with E-state index in [2.05, 4.69) is 52.5 Å². The third-order valence-electron chi connectivity index (χ3n) is 6.45. The van der Waals surface area contributed by atoms with Crippen molar-refractivity contribution in [2.75, 3.05) is 13.1 Å². The summed E-state index contributed by atoms with van der Waals surface area (Å²) in [6, 6.07) is 4.49. The molecule has 1 N–H and O–H groups in total. The Morgan fingerprint density at radius 3 is 2.70 bits per heavy atom. The molecule has 1 aromatic carbocycles. The Bertz CT molecular complexity index is 1120. The van der Waals surface area contributed by atoms with E-state index in [9.17, 15) is 0 Å². The van der Waals surface area contributed by atoms with Crippen molar-refractivity contribution in [2.24, 2.45) is 18.9 Å². The Morgan fingerprint density at radius 1 is 1.11 bits per heavy atom. The Morgan fingerprint density at radius 2 is 1.93 bits per heavy atom. The fourth-order valence-corrected chi connectivity index (χ4v) is 6.08.